The molecule has 2 aromatic rings. The van der Waals surface area contributed by atoms with Crippen molar-refractivity contribution in [1.82, 2.24) is 3.13 Å². The van der Waals surface area contributed by atoms with Gasteiger partial charge in [-0.15, -0.1) is 0 Å². The SMILES string of the molecule is C=[C]1CC(COc2ccccc2)[O][Tl]1[NH]C[CH-]COc1ccccc1.[U]. The largest absolute Gasteiger partial charge is 0 e. The van der Waals surface area contributed by atoms with Gasteiger partial charge in [-0.3, -0.25) is 0 Å². The van der Waals surface area contributed by atoms with Crippen molar-refractivity contribution >= 4 is 23.5 Å². The first-order valence-corrected chi connectivity index (χ1v) is 14.9. The number of para-hydroxylation sites is 2. The summed E-state index contributed by atoms with van der Waals surface area (Å²) in [6, 6.07) is 19.7. The molecular formula is C20H23NO3TlU-. The zero-order valence-corrected chi connectivity index (χ0v) is 23.4. The Morgan fingerprint density at radius 1 is 1.04 bits per heavy atom. The molecule has 1 heterocycles. The zero-order valence-electron chi connectivity index (χ0n) is 14.8. The van der Waals surface area contributed by atoms with E-state index in [-0.39, 0.29) is 37.2 Å². The van der Waals surface area contributed by atoms with Crippen molar-refractivity contribution in [2.24, 2.45) is 0 Å². The van der Waals surface area contributed by atoms with Crippen molar-refractivity contribution < 1.29 is 43.3 Å². The van der Waals surface area contributed by atoms with E-state index in [0.717, 1.165) is 24.5 Å². The average Bonchev–Trinajstić information content (AvgIpc) is 3.01. The first-order chi connectivity index (χ1) is 12.3. The summed E-state index contributed by atoms with van der Waals surface area (Å²) in [7, 11) is 0. The smallest absolute Gasteiger partial charge is 0 e. The van der Waals surface area contributed by atoms with Gasteiger partial charge in [0.15, 0.2) is 0 Å². The maximum absolute atomic E-state index is 6.19. The van der Waals surface area contributed by atoms with Gasteiger partial charge in [-0.25, -0.2) is 0 Å². The fourth-order valence-corrected chi connectivity index (χ4v) is 10.4. The van der Waals surface area contributed by atoms with Gasteiger partial charge in [0.25, 0.3) is 0 Å². The molecule has 3 rings (SSSR count). The monoisotopic (exact) mass is 768 g/mol. The van der Waals surface area contributed by atoms with E-state index < -0.39 is 23.5 Å². The summed E-state index contributed by atoms with van der Waals surface area (Å²) in [5.74, 6) is 1.78. The third-order valence-corrected chi connectivity index (χ3v) is 12.6. The quantitative estimate of drug-likeness (QED) is 0.242. The first kappa shape index (κ1) is 22.0. The molecule has 1 atom stereocenters. The van der Waals surface area contributed by atoms with Gasteiger partial charge < -0.3 is 0 Å². The molecule has 1 aliphatic heterocycles. The number of hydrogen-bond acceptors (Lipinski definition) is 4. The summed E-state index contributed by atoms with van der Waals surface area (Å²) in [6.45, 7) is 6.17. The molecule has 1 aliphatic rings. The molecule has 0 radical (unpaired) electrons. The van der Waals surface area contributed by atoms with E-state index in [2.05, 4.69) is 16.1 Å². The molecule has 0 amide bonds. The third kappa shape index (κ3) is 7.36. The molecule has 1 N–H and O–H groups in total. The molecule has 4 nitrogen and oxygen atoms in total. The van der Waals surface area contributed by atoms with Crippen molar-refractivity contribution in [2.75, 3.05) is 19.8 Å². The molecule has 6 heteroatoms. The van der Waals surface area contributed by atoms with E-state index in [1.165, 1.54) is 3.13 Å². The third-order valence-electron chi connectivity index (χ3n) is 3.93. The van der Waals surface area contributed by atoms with Gasteiger partial charge in [-0.05, 0) is 0 Å². The number of hydrogen-bond donors (Lipinski definition) is 1. The van der Waals surface area contributed by atoms with Crippen LogP contribution in [0.1, 0.15) is 6.42 Å². The fourth-order valence-electron chi connectivity index (χ4n) is 2.65. The molecule has 0 aromatic heterocycles. The minimum absolute atomic E-state index is 0. The van der Waals surface area contributed by atoms with Gasteiger partial charge in [-0.2, -0.15) is 0 Å². The second-order valence-corrected chi connectivity index (χ2v) is 14.7. The van der Waals surface area contributed by atoms with E-state index in [0.29, 0.717) is 13.2 Å². The molecular weight excluding hydrogens is 745 g/mol. The molecule has 1 saturated heterocycles. The van der Waals surface area contributed by atoms with Crippen molar-refractivity contribution in [3.8, 4) is 11.5 Å². The summed E-state index contributed by atoms with van der Waals surface area (Å²) < 4.78 is 22.5. The fraction of sp³-hybridized carbons (Fsp3) is 0.250. The first-order valence-electron chi connectivity index (χ1n) is 8.55. The van der Waals surface area contributed by atoms with Crippen LogP contribution in [0.4, 0.5) is 0 Å². The molecule has 1 unspecified atom stereocenters. The Balaban J connectivity index is 0.00000243. The van der Waals surface area contributed by atoms with Gasteiger partial charge in [0, 0.05) is 31.1 Å². The van der Waals surface area contributed by atoms with Gasteiger partial charge in [0.1, 0.15) is 0 Å². The Bertz CT molecular complexity index is 657. The van der Waals surface area contributed by atoms with Crippen LogP contribution < -0.4 is 12.6 Å². The number of ether oxygens (including phenoxy) is 2. The topological polar surface area (TPSA) is 39.7 Å². The predicted octanol–water partition coefficient (Wildman–Crippen LogP) is 3.31. The summed E-state index contributed by atoms with van der Waals surface area (Å²) >= 11 is -2.46. The Labute approximate surface area is 188 Å². The average molecular weight is 768 g/mol. The standard InChI is InChI=1S/C11H12O2.C9H11NO.Tl.U/c1-2-6-10(12)9-13-11-7-4-3-5-8-11;10-7-4-8-11-9-5-2-1-3-6-9;;/h3-5,7-8,10H,1,6,9H2;1-6,10H,7-8H2;;/q-1;-2;+2;. The van der Waals surface area contributed by atoms with Crippen molar-refractivity contribution in [3.63, 3.8) is 0 Å². The normalized spacial score (nSPS) is 16.2. The Morgan fingerprint density at radius 3 is 2.31 bits per heavy atom. The number of rotatable bonds is 9. The van der Waals surface area contributed by atoms with Crippen LogP contribution in [0.25, 0.3) is 0 Å². The minimum atomic E-state index is -2.46. The van der Waals surface area contributed by atoms with E-state index >= 15 is 0 Å². The van der Waals surface area contributed by atoms with E-state index in [9.17, 15) is 0 Å². The molecule has 0 bridgehead atoms. The summed E-state index contributed by atoms with van der Waals surface area (Å²) in [4.78, 5) is 0. The molecule has 0 aliphatic carbocycles. The zero-order chi connectivity index (χ0) is 17.3. The molecule has 26 heavy (non-hydrogen) atoms. The van der Waals surface area contributed by atoms with Crippen molar-refractivity contribution in [2.45, 2.75) is 12.5 Å². The van der Waals surface area contributed by atoms with E-state index in [4.69, 9.17) is 12.2 Å². The second kappa shape index (κ2) is 12.2. The van der Waals surface area contributed by atoms with Crippen LogP contribution in [0.3, 0.4) is 0 Å². The Hall–Kier alpha value is -0.326. The van der Waals surface area contributed by atoms with Crippen LogP contribution in [0.15, 0.2) is 70.4 Å². The second-order valence-electron chi connectivity index (χ2n) is 5.95. The van der Waals surface area contributed by atoms with Crippen molar-refractivity contribution in [1.29, 1.82) is 0 Å². The van der Waals surface area contributed by atoms with Gasteiger partial charge >= 0.3 is 159 Å². The maximum atomic E-state index is 6.19. The molecule has 1 fully saturated rings. The summed E-state index contributed by atoms with van der Waals surface area (Å²) in [5.41, 5.74) is 0. The van der Waals surface area contributed by atoms with Crippen molar-refractivity contribution in [3.05, 3.63) is 76.8 Å². The van der Waals surface area contributed by atoms with Gasteiger partial charge in [0.05, 0.1) is 0 Å². The number of benzene rings is 2. The predicted molar refractivity (Wildman–Crippen MR) is 101 cm³/mol. The van der Waals surface area contributed by atoms with E-state index in [1.54, 1.807) is 0 Å². The minimum Gasteiger partial charge on any atom is 0 e. The summed E-state index contributed by atoms with van der Waals surface area (Å²) in [6.07, 6.45) is 3.14. The molecule has 134 valence electrons. The molecule has 0 saturated carbocycles. The maximum Gasteiger partial charge on any atom is 0 e. The van der Waals surface area contributed by atoms with Crippen LogP contribution in [0.2, 0.25) is 0 Å². The van der Waals surface area contributed by atoms with Crippen LogP contribution >= 0.6 is 0 Å². The van der Waals surface area contributed by atoms with Crippen LogP contribution in [-0.2, 0) is 2.69 Å². The van der Waals surface area contributed by atoms with Gasteiger partial charge in [0.2, 0.25) is 0 Å². The van der Waals surface area contributed by atoms with Crippen LogP contribution in [0.5, 0.6) is 11.5 Å². The molecule has 2 aromatic carbocycles. The Morgan fingerprint density at radius 2 is 1.65 bits per heavy atom. The Kier molecular flexibility index (Phi) is 10.3. The number of nitrogens with one attached hydrogen (secondary N) is 1. The molecule has 0 spiro atoms. The van der Waals surface area contributed by atoms with E-state index in [1.807, 2.05) is 60.7 Å². The van der Waals surface area contributed by atoms with Crippen LogP contribution in [-0.4, -0.2) is 49.3 Å². The summed E-state index contributed by atoms with van der Waals surface area (Å²) in [5, 5.41) is 0. The van der Waals surface area contributed by atoms with Crippen LogP contribution in [0, 0.1) is 37.5 Å². The van der Waals surface area contributed by atoms with Gasteiger partial charge in [-0.1, -0.05) is 0 Å².